The molecule has 0 aromatic carbocycles. The number of carbonyl (C=O) groups is 2. The monoisotopic (exact) mass is 376 g/mol. The lowest BCUT2D eigenvalue weighted by Gasteiger charge is -2.07. The van der Waals surface area contributed by atoms with Gasteiger partial charge in [-0.15, -0.1) is 0 Å². The first kappa shape index (κ1) is 24.1. The molecule has 0 heterocycles. The van der Waals surface area contributed by atoms with Crippen molar-refractivity contribution in [2.75, 3.05) is 0 Å². The third-order valence-corrected chi connectivity index (χ3v) is 6.25. The van der Waals surface area contributed by atoms with Crippen molar-refractivity contribution in [2.45, 2.75) is 129 Å². The Morgan fingerprint density at radius 1 is 0.704 bits per heavy atom. The van der Waals surface area contributed by atoms with E-state index < -0.39 is 0 Å². The molecule has 3 aliphatic carbocycles. The molecule has 2 heteroatoms. The number of allylic oxidation sites excluding steroid dienone is 2. The standard InChI is InChI=1S/C9H16O.C9H16.C7H12O/c1-8(10)9-6-4-2-3-5-7-9;1-2-9-7-5-3-4-6-8-9;8-7-5-3-1-2-4-6-7/h9H,2-7H2,1H3;2H,3-8H2,1H3;1-6H2. The van der Waals surface area contributed by atoms with E-state index in [1.165, 1.54) is 77.0 Å². The van der Waals surface area contributed by atoms with Crippen LogP contribution in [0.4, 0.5) is 0 Å². The van der Waals surface area contributed by atoms with Crippen molar-refractivity contribution in [1.82, 2.24) is 0 Å². The maximum absolute atomic E-state index is 11.0. The average Bonchev–Trinajstić information content (AvgIpc) is 3.18. The van der Waals surface area contributed by atoms with E-state index in [9.17, 15) is 9.59 Å². The van der Waals surface area contributed by atoms with Gasteiger partial charge in [0.15, 0.2) is 0 Å². The van der Waals surface area contributed by atoms with Gasteiger partial charge in [-0.05, 0) is 65.2 Å². The van der Waals surface area contributed by atoms with E-state index in [0.29, 0.717) is 17.5 Å². The van der Waals surface area contributed by atoms with Gasteiger partial charge in [0.1, 0.15) is 11.6 Å². The molecule has 0 atom stereocenters. The zero-order valence-electron chi connectivity index (χ0n) is 18.2. The van der Waals surface area contributed by atoms with E-state index in [2.05, 4.69) is 13.0 Å². The molecule has 0 N–H and O–H groups in total. The van der Waals surface area contributed by atoms with Crippen molar-refractivity contribution in [2.24, 2.45) is 5.92 Å². The Hall–Kier alpha value is -0.920. The summed E-state index contributed by atoms with van der Waals surface area (Å²) in [5, 5.41) is 0. The molecule has 3 fully saturated rings. The minimum Gasteiger partial charge on any atom is -0.300 e. The average molecular weight is 377 g/mol. The van der Waals surface area contributed by atoms with Crippen LogP contribution in [0.1, 0.15) is 129 Å². The highest BCUT2D eigenvalue weighted by molar-refractivity contribution is 5.78. The zero-order valence-corrected chi connectivity index (χ0v) is 18.2. The van der Waals surface area contributed by atoms with Crippen LogP contribution in [-0.4, -0.2) is 11.6 Å². The molecule has 27 heavy (non-hydrogen) atoms. The molecule has 0 bridgehead atoms. The molecule has 0 aromatic rings. The summed E-state index contributed by atoms with van der Waals surface area (Å²) in [6.45, 7) is 3.90. The summed E-state index contributed by atoms with van der Waals surface area (Å²) in [6.07, 6.45) is 24.8. The van der Waals surface area contributed by atoms with Gasteiger partial charge < -0.3 is 0 Å². The van der Waals surface area contributed by atoms with Crippen molar-refractivity contribution in [1.29, 1.82) is 0 Å². The summed E-state index contributed by atoms with van der Waals surface area (Å²) < 4.78 is 0. The van der Waals surface area contributed by atoms with Gasteiger partial charge in [0.2, 0.25) is 0 Å². The number of Topliss-reactive ketones (excluding diaryl/α,β-unsaturated/α-hetero) is 2. The quantitative estimate of drug-likeness (QED) is 0.346. The first-order valence-electron chi connectivity index (χ1n) is 11.8. The second-order valence-electron chi connectivity index (χ2n) is 8.61. The SMILES string of the molecule is CC(=O)C1CCCCCC1.CC=C1CCCCCC1.O=C1CCCCCC1. The number of rotatable bonds is 1. The molecular formula is C25H44O2. The molecule has 156 valence electrons. The lowest BCUT2D eigenvalue weighted by molar-refractivity contribution is -0.121. The van der Waals surface area contributed by atoms with Gasteiger partial charge >= 0.3 is 0 Å². The Morgan fingerprint density at radius 2 is 1.11 bits per heavy atom. The van der Waals surface area contributed by atoms with Gasteiger partial charge in [0, 0.05) is 18.8 Å². The lowest BCUT2D eigenvalue weighted by atomic mass is 9.97. The number of hydrogen-bond acceptors (Lipinski definition) is 2. The molecule has 0 aromatic heterocycles. The summed E-state index contributed by atoms with van der Waals surface area (Å²) in [6, 6.07) is 0. The van der Waals surface area contributed by atoms with E-state index in [1.807, 2.05) is 0 Å². The van der Waals surface area contributed by atoms with Crippen LogP contribution in [0.2, 0.25) is 0 Å². The topological polar surface area (TPSA) is 34.1 Å². The number of carbonyl (C=O) groups excluding carboxylic acids is 2. The lowest BCUT2D eigenvalue weighted by Crippen LogP contribution is -2.08. The van der Waals surface area contributed by atoms with Crippen LogP contribution in [0.3, 0.4) is 0 Å². The second kappa shape index (κ2) is 16.1. The van der Waals surface area contributed by atoms with Gasteiger partial charge in [-0.25, -0.2) is 0 Å². The maximum atomic E-state index is 11.0. The van der Waals surface area contributed by atoms with Crippen LogP contribution in [0.25, 0.3) is 0 Å². The fraction of sp³-hybridized carbons (Fsp3) is 0.840. The Kier molecular flexibility index (Phi) is 14.4. The van der Waals surface area contributed by atoms with Crippen molar-refractivity contribution >= 4 is 11.6 Å². The molecule has 0 aliphatic heterocycles. The Bertz CT molecular complexity index is 408. The van der Waals surface area contributed by atoms with E-state index in [0.717, 1.165) is 38.5 Å². The number of hydrogen-bond donors (Lipinski definition) is 0. The summed E-state index contributed by atoms with van der Waals surface area (Å²) in [5.74, 6) is 1.28. The number of ketones is 2. The Balaban J connectivity index is 0.000000204. The highest BCUT2D eigenvalue weighted by Gasteiger charge is 2.15. The fourth-order valence-electron chi connectivity index (χ4n) is 4.28. The normalized spacial score (nSPS) is 22.0. The summed E-state index contributed by atoms with van der Waals surface area (Å²) in [5.41, 5.74) is 1.69. The molecule has 0 spiro atoms. The Labute approximate surface area is 168 Å². The molecule has 0 amide bonds. The van der Waals surface area contributed by atoms with Crippen LogP contribution >= 0.6 is 0 Å². The predicted molar refractivity (Wildman–Crippen MR) is 116 cm³/mol. The van der Waals surface area contributed by atoms with Gasteiger partial charge in [-0.2, -0.15) is 0 Å². The van der Waals surface area contributed by atoms with Crippen LogP contribution in [0, 0.1) is 5.92 Å². The smallest absolute Gasteiger partial charge is 0.132 e. The predicted octanol–water partition coefficient (Wildman–Crippen LogP) is 7.74. The summed E-state index contributed by atoms with van der Waals surface area (Å²) >= 11 is 0. The van der Waals surface area contributed by atoms with E-state index >= 15 is 0 Å². The van der Waals surface area contributed by atoms with Crippen molar-refractivity contribution in [3.8, 4) is 0 Å². The third kappa shape index (κ3) is 13.0. The molecule has 0 unspecified atom stereocenters. The van der Waals surface area contributed by atoms with Crippen LogP contribution in [0.5, 0.6) is 0 Å². The zero-order chi connectivity index (χ0) is 19.7. The van der Waals surface area contributed by atoms with Crippen LogP contribution in [-0.2, 0) is 9.59 Å². The van der Waals surface area contributed by atoms with Crippen LogP contribution < -0.4 is 0 Å². The van der Waals surface area contributed by atoms with Crippen molar-refractivity contribution < 1.29 is 9.59 Å². The minimum absolute atomic E-state index is 0.405. The highest BCUT2D eigenvalue weighted by Crippen LogP contribution is 2.23. The first-order valence-corrected chi connectivity index (χ1v) is 11.8. The first-order chi connectivity index (χ1) is 13.1. The van der Waals surface area contributed by atoms with Gasteiger partial charge in [-0.3, -0.25) is 9.59 Å². The molecule has 0 saturated heterocycles. The summed E-state index contributed by atoms with van der Waals surface area (Å²) in [7, 11) is 0. The minimum atomic E-state index is 0.405. The molecule has 0 radical (unpaired) electrons. The third-order valence-electron chi connectivity index (χ3n) is 6.25. The highest BCUT2D eigenvalue weighted by atomic mass is 16.1. The summed E-state index contributed by atoms with van der Waals surface area (Å²) in [4.78, 5) is 21.6. The van der Waals surface area contributed by atoms with Crippen molar-refractivity contribution in [3.05, 3.63) is 11.6 Å². The van der Waals surface area contributed by atoms with Crippen LogP contribution in [0.15, 0.2) is 11.6 Å². The van der Waals surface area contributed by atoms with Gasteiger partial charge in [0.05, 0.1) is 0 Å². The van der Waals surface area contributed by atoms with Gasteiger partial charge in [-0.1, -0.05) is 63.0 Å². The largest absolute Gasteiger partial charge is 0.300 e. The molecule has 3 aliphatic rings. The van der Waals surface area contributed by atoms with E-state index in [1.54, 1.807) is 12.5 Å². The molecular weight excluding hydrogens is 332 g/mol. The maximum Gasteiger partial charge on any atom is 0.132 e. The van der Waals surface area contributed by atoms with E-state index in [4.69, 9.17) is 0 Å². The molecule has 3 saturated carbocycles. The fourth-order valence-corrected chi connectivity index (χ4v) is 4.28. The van der Waals surface area contributed by atoms with Crippen molar-refractivity contribution in [3.63, 3.8) is 0 Å². The Morgan fingerprint density at radius 3 is 1.52 bits per heavy atom. The van der Waals surface area contributed by atoms with E-state index in [-0.39, 0.29) is 0 Å². The molecule has 2 nitrogen and oxygen atoms in total. The molecule has 3 rings (SSSR count). The second-order valence-corrected chi connectivity index (χ2v) is 8.61. The van der Waals surface area contributed by atoms with Gasteiger partial charge in [0.25, 0.3) is 0 Å².